The molecular weight excluding hydrogens is 360 g/mol. The summed E-state index contributed by atoms with van der Waals surface area (Å²) in [5.74, 6) is 0. The summed E-state index contributed by atoms with van der Waals surface area (Å²) in [6, 6.07) is 17.9. The van der Waals surface area contributed by atoms with Crippen molar-refractivity contribution in [1.82, 2.24) is 4.90 Å². The Balaban J connectivity index is 0.00000261. The summed E-state index contributed by atoms with van der Waals surface area (Å²) >= 11 is 0. The molecule has 2 atom stereocenters. The highest BCUT2D eigenvalue weighted by Crippen LogP contribution is 2.31. The minimum absolute atomic E-state index is 0. The van der Waals surface area contributed by atoms with Crippen LogP contribution >= 0.6 is 0 Å². The normalized spacial score (nSPS) is 23.0. The maximum Gasteiger partial charge on any atom is 0.101 e. The molecule has 0 radical (unpaired) electrons. The standard InChI is InChI=1S/C22H30N2O2.ClH/c1-17-3-7-19(8-4-17)21-15-23(11-13-25)16-22(24(21)12-14-26)20-9-5-18(2)6-10-20;/h3-10,21-22,25-26H,11-16H2,1-2H3;1H/t21-,22-;/m0./s1. The van der Waals surface area contributed by atoms with E-state index >= 15 is 0 Å². The molecule has 148 valence electrons. The highest BCUT2D eigenvalue weighted by molar-refractivity contribution is 5.28. The summed E-state index contributed by atoms with van der Waals surface area (Å²) in [5, 5.41) is 19.2. The van der Waals surface area contributed by atoms with Gasteiger partial charge in [0.05, 0.1) is 38.4 Å². The molecule has 1 aliphatic rings. The van der Waals surface area contributed by atoms with Gasteiger partial charge in [-0.2, -0.15) is 0 Å². The topological polar surface area (TPSA) is 48.1 Å². The van der Waals surface area contributed by atoms with Gasteiger partial charge in [0, 0.05) is 6.54 Å². The fourth-order valence-corrected chi connectivity index (χ4v) is 4.07. The van der Waals surface area contributed by atoms with Gasteiger partial charge in [0.25, 0.3) is 0 Å². The lowest BCUT2D eigenvalue weighted by molar-refractivity contribution is -0.913. The molecule has 1 heterocycles. The van der Waals surface area contributed by atoms with E-state index < -0.39 is 0 Å². The summed E-state index contributed by atoms with van der Waals surface area (Å²) in [7, 11) is 0. The number of halogens is 1. The monoisotopic (exact) mass is 390 g/mol. The SMILES string of the molecule is Cc1ccc([C@@H]2C[NH+](CCO)C[C@@H](c3ccc(C)cc3)N2CCO)cc1.[Cl-]. The van der Waals surface area contributed by atoms with Crippen molar-refractivity contribution in [3.05, 3.63) is 70.8 Å². The second-order valence-corrected chi connectivity index (χ2v) is 7.45. The van der Waals surface area contributed by atoms with Crippen LogP contribution in [0, 0.1) is 13.8 Å². The number of β-amino-alcohol motifs (C(OH)–C–C–N with tert-alkyl or cyclic N) is 1. The first-order valence-electron chi connectivity index (χ1n) is 9.56. The number of hydrogen-bond acceptors (Lipinski definition) is 3. The molecule has 2 aromatic rings. The van der Waals surface area contributed by atoms with Crippen molar-refractivity contribution in [2.24, 2.45) is 0 Å². The van der Waals surface area contributed by atoms with E-state index in [0.717, 1.165) is 19.6 Å². The van der Waals surface area contributed by atoms with Crippen molar-refractivity contribution in [3.63, 3.8) is 0 Å². The third-order valence-corrected chi connectivity index (χ3v) is 5.51. The molecule has 0 spiro atoms. The minimum atomic E-state index is 0. The lowest BCUT2D eigenvalue weighted by Gasteiger charge is -2.44. The first-order chi connectivity index (χ1) is 12.6. The van der Waals surface area contributed by atoms with Gasteiger partial charge in [-0.3, -0.25) is 4.90 Å². The maximum atomic E-state index is 9.72. The van der Waals surface area contributed by atoms with Gasteiger partial charge in [0.15, 0.2) is 0 Å². The fraction of sp³-hybridized carbons (Fsp3) is 0.455. The van der Waals surface area contributed by atoms with Crippen LogP contribution in [0.3, 0.4) is 0 Å². The fourth-order valence-electron chi connectivity index (χ4n) is 4.07. The summed E-state index contributed by atoms with van der Waals surface area (Å²) in [5.41, 5.74) is 5.09. The van der Waals surface area contributed by atoms with Gasteiger partial charge < -0.3 is 27.5 Å². The number of aliphatic hydroxyl groups excluding tert-OH is 2. The number of rotatable bonds is 6. The Kier molecular flexibility index (Phi) is 8.27. The molecule has 2 aromatic carbocycles. The molecule has 27 heavy (non-hydrogen) atoms. The Morgan fingerprint density at radius 1 is 0.815 bits per heavy atom. The zero-order valence-electron chi connectivity index (χ0n) is 16.2. The van der Waals surface area contributed by atoms with E-state index in [1.165, 1.54) is 27.2 Å². The van der Waals surface area contributed by atoms with Gasteiger partial charge in [-0.05, 0) is 25.0 Å². The van der Waals surface area contributed by atoms with Gasteiger partial charge in [0.1, 0.15) is 6.54 Å². The van der Waals surface area contributed by atoms with Crippen LogP contribution in [-0.4, -0.2) is 54.5 Å². The molecule has 0 aliphatic carbocycles. The average molecular weight is 391 g/mol. The van der Waals surface area contributed by atoms with Crippen LogP contribution in [0.25, 0.3) is 0 Å². The highest BCUT2D eigenvalue weighted by Gasteiger charge is 2.38. The van der Waals surface area contributed by atoms with Gasteiger partial charge in [-0.25, -0.2) is 0 Å². The number of aliphatic hydroxyl groups is 2. The van der Waals surface area contributed by atoms with Gasteiger partial charge in [-0.15, -0.1) is 0 Å². The molecule has 0 unspecified atom stereocenters. The summed E-state index contributed by atoms with van der Waals surface area (Å²) in [6.07, 6.45) is 0. The number of piperazine rings is 1. The van der Waals surface area contributed by atoms with Crippen LogP contribution in [-0.2, 0) is 0 Å². The minimum Gasteiger partial charge on any atom is -1.00 e. The summed E-state index contributed by atoms with van der Waals surface area (Å²) < 4.78 is 0. The van der Waals surface area contributed by atoms with Crippen molar-refractivity contribution >= 4 is 0 Å². The maximum absolute atomic E-state index is 9.72. The van der Waals surface area contributed by atoms with E-state index in [4.69, 9.17) is 0 Å². The Morgan fingerprint density at radius 2 is 1.26 bits per heavy atom. The molecule has 3 rings (SSSR count). The molecule has 0 aromatic heterocycles. The molecule has 0 amide bonds. The molecule has 1 fully saturated rings. The number of nitrogens with zero attached hydrogens (tertiary/aromatic N) is 1. The number of hydrogen-bond donors (Lipinski definition) is 3. The van der Waals surface area contributed by atoms with Crippen molar-refractivity contribution in [2.45, 2.75) is 25.9 Å². The molecule has 0 bridgehead atoms. The van der Waals surface area contributed by atoms with Crippen LogP contribution < -0.4 is 17.3 Å². The molecule has 0 saturated carbocycles. The lowest BCUT2D eigenvalue weighted by Crippen LogP contribution is -3.15. The number of quaternary nitrogens is 1. The Bertz CT molecular complexity index is 635. The van der Waals surface area contributed by atoms with Crippen molar-refractivity contribution in [3.8, 4) is 0 Å². The lowest BCUT2D eigenvalue weighted by atomic mass is 9.93. The number of nitrogens with one attached hydrogen (secondary N) is 1. The zero-order valence-corrected chi connectivity index (χ0v) is 17.0. The van der Waals surface area contributed by atoms with E-state index in [9.17, 15) is 10.2 Å². The van der Waals surface area contributed by atoms with E-state index in [1.54, 1.807) is 0 Å². The third kappa shape index (κ3) is 5.31. The second-order valence-electron chi connectivity index (χ2n) is 7.45. The van der Waals surface area contributed by atoms with E-state index in [1.807, 2.05) is 0 Å². The van der Waals surface area contributed by atoms with Crippen LogP contribution in [0.5, 0.6) is 0 Å². The molecular formula is C22H31ClN2O2. The number of aryl methyl sites for hydroxylation is 2. The van der Waals surface area contributed by atoms with Crippen molar-refractivity contribution in [2.75, 3.05) is 39.4 Å². The third-order valence-electron chi connectivity index (χ3n) is 5.51. The quantitative estimate of drug-likeness (QED) is 0.549. The van der Waals surface area contributed by atoms with E-state index in [0.29, 0.717) is 6.54 Å². The van der Waals surface area contributed by atoms with Gasteiger partial charge >= 0.3 is 0 Å². The largest absolute Gasteiger partial charge is 1.00 e. The highest BCUT2D eigenvalue weighted by atomic mass is 35.5. The smallest absolute Gasteiger partial charge is 0.101 e. The van der Waals surface area contributed by atoms with Crippen molar-refractivity contribution in [1.29, 1.82) is 0 Å². The summed E-state index contributed by atoms with van der Waals surface area (Å²) in [4.78, 5) is 3.86. The zero-order chi connectivity index (χ0) is 18.5. The van der Waals surface area contributed by atoms with Crippen molar-refractivity contribution < 1.29 is 27.5 Å². The van der Waals surface area contributed by atoms with Crippen LogP contribution in [0.2, 0.25) is 0 Å². The van der Waals surface area contributed by atoms with E-state index in [-0.39, 0.29) is 37.7 Å². The number of benzene rings is 2. The molecule has 3 N–H and O–H groups in total. The summed E-state index contributed by atoms with van der Waals surface area (Å²) in [6.45, 7) is 7.89. The first kappa shape index (κ1) is 21.9. The molecule has 5 heteroatoms. The molecule has 1 aliphatic heterocycles. The molecule has 4 nitrogen and oxygen atoms in total. The van der Waals surface area contributed by atoms with Crippen LogP contribution in [0.4, 0.5) is 0 Å². The Labute approximate surface area is 168 Å². The second kappa shape index (κ2) is 10.2. The van der Waals surface area contributed by atoms with Gasteiger partial charge in [0.2, 0.25) is 0 Å². The first-order valence-corrected chi connectivity index (χ1v) is 9.56. The van der Waals surface area contributed by atoms with Crippen LogP contribution in [0.15, 0.2) is 48.5 Å². The van der Waals surface area contributed by atoms with Crippen LogP contribution in [0.1, 0.15) is 34.3 Å². The Morgan fingerprint density at radius 3 is 1.63 bits per heavy atom. The average Bonchev–Trinajstić information content (AvgIpc) is 2.64. The Hall–Kier alpha value is -1.43. The predicted octanol–water partition coefficient (Wildman–Crippen LogP) is -1.73. The van der Waals surface area contributed by atoms with E-state index in [2.05, 4.69) is 67.3 Å². The predicted molar refractivity (Wildman–Crippen MR) is 104 cm³/mol. The molecule has 1 saturated heterocycles. The van der Waals surface area contributed by atoms with Gasteiger partial charge in [-0.1, -0.05) is 59.7 Å².